The van der Waals surface area contributed by atoms with Crippen LogP contribution in [0.2, 0.25) is 0 Å². The Morgan fingerprint density at radius 3 is 2.56 bits per heavy atom. The summed E-state index contributed by atoms with van der Waals surface area (Å²) in [5, 5.41) is 4.23. The Hall–Kier alpha value is -1.85. The molecule has 4 rings (SSSR count). The summed E-state index contributed by atoms with van der Waals surface area (Å²) in [6.07, 6.45) is 0. The normalized spacial score (nSPS) is 14.9. The lowest BCUT2D eigenvalue weighted by atomic mass is 10.2. The first-order valence-corrected chi connectivity index (χ1v) is 10.5. The van der Waals surface area contributed by atoms with Crippen molar-refractivity contribution in [2.45, 2.75) is 11.1 Å². The van der Waals surface area contributed by atoms with Crippen molar-refractivity contribution in [1.29, 1.82) is 0 Å². The van der Waals surface area contributed by atoms with E-state index in [1.165, 1.54) is 17.1 Å². The Bertz CT molecular complexity index is 870. The average Bonchev–Trinajstić information content (AvgIpc) is 3.29. The zero-order chi connectivity index (χ0) is 17.1. The van der Waals surface area contributed by atoms with Gasteiger partial charge in [0.1, 0.15) is 5.69 Å². The van der Waals surface area contributed by atoms with Crippen LogP contribution in [-0.2, 0) is 6.54 Å². The van der Waals surface area contributed by atoms with Gasteiger partial charge in [-0.1, -0.05) is 48.5 Å². The Morgan fingerprint density at radius 2 is 1.76 bits per heavy atom. The third-order valence-corrected chi connectivity index (χ3v) is 7.38. The van der Waals surface area contributed by atoms with E-state index in [-0.39, 0.29) is 5.91 Å². The van der Waals surface area contributed by atoms with Crippen LogP contribution in [0, 0.1) is 0 Å². The molecule has 0 aliphatic carbocycles. The van der Waals surface area contributed by atoms with E-state index in [0.29, 0.717) is 11.1 Å². The third kappa shape index (κ3) is 3.72. The number of thioether (sulfide) groups is 2. The number of nitrogens with one attached hydrogen (secondary N) is 1. The second kappa shape index (κ2) is 7.58. The van der Waals surface area contributed by atoms with Crippen molar-refractivity contribution >= 4 is 40.3 Å². The number of nitrogens with zero attached hydrogens (tertiary/aromatic N) is 1. The molecule has 2 heterocycles. The molecular formula is C20H20N2OS2. The SMILES string of the molecule is O=C(NCC1SCCS1)c1cc2ccccc2n1Cc1ccccc1. The van der Waals surface area contributed by atoms with Gasteiger partial charge in [0.25, 0.3) is 5.91 Å². The minimum absolute atomic E-state index is 0.0141. The molecule has 1 amide bonds. The van der Waals surface area contributed by atoms with Crippen molar-refractivity contribution in [1.82, 2.24) is 9.88 Å². The largest absolute Gasteiger partial charge is 0.349 e. The lowest BCUT2D eigenvalue weighted by molar-refractivity contribution is 0.0947. The molecule has 0 saturated carbocycles. The lowest BCUT2D eigenvalue weighted by Gasteiger charge is -2.13. The van der Waals surface area contributed by atoms with Crippen LogP contribution in [0.3, 0.4) is 0 Å². The lowest BCUT2D eigenvalue weighted by Crippen LogP contribution is -2.30. The number of hydrogen-bond acceptors (Lipinski definition) is 3. The van der Waals surface area contributed by atoms with E-state index in [2.05, 4.69) is 34.1 Å². The molecule has 5 heteroatoms. The predicted molar refractivity (Wildman–Crippen MR) is 109 cm³/mol. The zero-order valence-electron chi connectivity index (χ0n) is 13.9. The van der Waals surface area contributed by atoms with Gasteiger partial charge < -0.3 is 9.88 Å². The van der Waals surface area contributed by atoms with Gasteiger partial charge in [0.2, 0.25) is 0 Å². The first-order chi connectivity index (χ1) is 12.3. The van der Waals surface area contributed by atoms with E-state index >= 15 is 0 Å². The molecule has 0 bridgehead atoms. The first-order valence-electron chi connectivity index (χ1n) is 8.45. The number of fused-ring (bicyclic) bond motifs is 1. The Balaban J connectivity index is 1.62. The van der Waals surface area contributed by atoms with Crippen molar-refractivity contribution in [3.05, 3.63) is 71.9 Å². The highest BCUT2D eigenvalue weighted by Crippen LogP contribution is 2.31. The standard InChI is InChI=1S/C20H20N2OS2/c23-20(21-13-19-24-10-11-25-19)18-12-16-8-4-5-9-17(16)22(18)14-15-6-2-1-3-7-15/h1-9,12,19H,10-11,13-14H2,(H,21,23). The summed E-state index contributed by atoms with van der Waals surface area (Å²) in [6.45, 7) is 1.42. The molecule has 0 spiro atoms. The molecular weight excluding hydrogens is 348 g/mol. The van der Waals surface area contributed by atoms with Crippen LogP contribution >= 0.6 is 23.5 Å². The van der Waals surface area contributed by atoms with Gasteiger partial charge >= 0.3 is 0 Å². The van der Waals surface area contributed by atoms with Crippen LogP contribution in [0.1, 0.15) is 16.1 Å². The molecule has 0 radical (unpaired) electrons. The highest BCUT2D eigenvalue weighted by molar-refractivity contribution is 8.20. The summed E-state index contributed by atoms with van der Waals surface area (Å²) in [5.41, 5.74) is 3.03. The van der Waals surface area contributed by atoms with Crippen molar-refractivity contribution in [2.24, 2.45) is 0 Å². The van der Waals surface area contributed by atoms with E-state index in [4.69, 9.17) is 0 Å². The van der Waals surface area contributed by atoms with Crippen LogP contribution < -0.4 is 5.32 Å². The van der Waals surface area contributed by atoms with Gasteiger partial charge in [0, 0.05) is 35.5 Å². The Labute approximate surface area is 156 Å². The highest BCUT2D eigenvalue weighted by Gasteiger charge is 2.20. The summed E-state index contributed by atoms with van der Waals surface area (Å²) in [7, 11) is 0. The number of carbonyl (C=O) groups is 1. The van der Waals surface area contributed by atoms with E-state index in [9.17, 15) is 4.79 Å². The van der Waals surface area contributed by atoms with E-state index < -0.39 is 0 Å². The average molecular weight is 369 g/mol. The molecule has 0 atom stereocenters. The first kappa shape index (κ1) is 16.6. The van der Waals surface area contributed by atoms with Gasteiger partial charge in [0.05, 0.1) is 4.58 Å². The number of hydrogen-bond donors (Lipinski definition) is 1. The molecule has 3 nitrogen and oxygen atoms in total. The molecule has 25 heavy (non-hydrogen) atoms. The fraction of sp³-hybridized carbons (Fsp3) is 0.250. The Morgan fingerprint density at radius 1 is 1.04 bits per heavy atom. The molecule has 2 aromatic carbocycles. The predicted octanol–water partition coefficient (Wildman–Crippen LogP) is 4.23. The van der Waals surface area contributed by atoms with Gasteiger partial charge in [-0.3, -0.25) is 4.79 Å². The topological polar surface area (TPSA) is 34.0 Å². The molecule has 0 unspecified atom stereocenters. The van der Waals surface area contributed by atoms with Crippen molar-refractivity contribution < 1.29 is 4.79 Å². The zero-order valence-corrected chi connectivity index (χ0v) is 15.5. The van der Waals surface area contributed by atoms with Gasteiger partial charge in [-0.05, 0) is 17.7 Å². The quantitative estimate of drug-likeness (QED) is 0.732. The van der Waals surface area contributed by atoms with Crippen LogP contribution in [0.25, 0.3) is 10.9 Å². The van der Waals surface area contributed by atoms with E-state index in [1.54, 1.807) is 0 Å². The van der Waals surface area contributed by atoms with Gasteiger partial charge in [-0.25, -0.2) is 0 Å². The summed E-state index contributed by atoms with van der Waals surface area (Å²) in [5.74, 6) is 2.37. The van der Waals surface area contributed by atoms with Crippen LogP contribution in [0.15, 0.2) is 60.7 Å². The van der Waals surface area contributed by atoms with E-state index in [0.717, 1.165) is 23.1 Å². The number of amides is 1. The fourth-order valence-corrected chi connectivity index (χ4v) is 5.79. The van der Waals surface area contributed by atoms with Crippen LogP contribution in [-0.4, -0.2) is 33.1 Å². The Kier molecular flexibility index (Phi) is 5.04. The fourth-order valence-electron chi connectivity index (χ4n) is 3.13. The molecule has 1 aliphatic rings. The number of rotatable bonds is 5. The molecule has 1 fully saturated rings. The molecule has 3 aromatic rings. The van der Waals surface area contributed by atoms with Crippen molar-refractivity contribution in [3.8, 4) is 0 Å². The van der Waals surface area contributed by atoms with Crippen molar-refractivity contribution in [3.63, 3.8) is 0 Å². The molecule has 128 valence electrons. The van der Waals surface area contributed by atoms with Crippen molar-refractivity contribution in [2.75, 3.05) is 18.1 Å². The summed E-state index contributed by atoms with van der Waals surface area (Å²) >= 11 is 3.87. The number of carbonyl (C=O) groups excluding carboxylic acids is 1. The maximum absolute atomic E-state index is 12.8. The molecule has 1 saturated heterocycles. The minimum Gasteiger partial charge on any atom is -0.349 e. The third-order valence-electron chi connectivity index (χ3n) is 4.35. The molecule has 1 aliphatic heterocycles. The van der Waals surface area contributed by atoms with Crippen LogP contribution in [0.5, 0.6) is 0 Å². The van der Waals surface area contributed by atoms with Crippen LogP contribution in [0.4, 0.5) is 0 Å². The minimum atomic E-state index is 0.0141. The number of aromatic nitrogens is 1. The second-order valence-electron chi connectivity index (χ2n) is 6.04. The van der Waals surface area contributed by atoms with E-state index in [1.807, 2.05) is 59.9 Å². The molecule has 1 aromatic heterocycles. The summed E-state index contributed by atoms with van der Waals surface area (Å²) < 4.78 is 2.60. The smallest absolute Gasteiger partial charge is 0.268 e. The number of para-hydroxylation sites is 1. The summed E-state index contributed by atoms with van der Waals surface area (Å²) in [4.78, 5) is 12.8. The highest BCUT2D eigenvalue weighted by atomic mass is 32.2. The van der Waals surface area contributed by atoms with Gasteiger partial charge in [-0.15, -0.1) is 23.5 Å². The van der Waals surface area contributed by atoms with Gasteiger partial charge in [-0.2, -0.15) is 0 Å². The van der Waals surface area contributed by atoms with Gasteiger partial charge in [0.15, 0.2) is 0 Å². The maximum Gasteiger partial charge on any atom is 0.268 e. The summed E-state index contributed by atoms with van der Waals surface area (Å²) in [6, 6.07) is 20.5. The second-order valence-corrected chi connectivity index (χ2v) is 8.96. The monoisotopic (exact) mass is 368 g/mol. The number of benzene rings is 2. The molecule has 1 N–H and O–H groups in total. The maximum atomic E-state index is 12.8.